The Morgan fingerprint density at radius 2 is 0.742 bits per heavy atom. The number of aryl methyl sites for hydroxylation is 6. The van der Waals surface area contributed by atoms with Crippen LogP contribution in [0.1, 0.15) is 55.6 Å². The molecular formula is C31H28. The molecule has 0 unspecified atom stereocenters. The maximum Gasteiger partial charge on any atom is 0.0725 e. The molecule has 31 heavy (non-hydrogen) atoms. The van der Waals surface area contributed by atoms with Gasteiger partial charge in [0.2, 0.25) is 0 Å². The first kappa shape index (κ1) is 18.6. The summed E-state index contributed by atoms with van der Waals surface area (Å²) in [7, 11) is 0. The van der Waals surface area contributed by atoms with Crippen LogP contribution in [0.25, 0.3) is 22.3 Å². The van der Waals surface area contributed by atoms with E-state index in [1.165, 1.54) is 77.9 Å². The third kappa shape index (κ3) is 2.20. The van der Waals surface area contributed by atoms with Gasteiger partial charge < -0.3 is 0 Å². The maximum atomic E-state index is 2.47. The van der Waals surface area contributed by atoms with E-state index in [2.05, 4.69) is 102 Å². The predicted octanol–water partition coefficient (Wildman–Crippen LogP) is 7.88. The zero-order valence-corrected chi connectivity index (χ0v) is 19.3. The zero-order valence-electron chi connectivity index (χ0n) is 19.3. The Morgan fingerprint density at radius 3 is 1.16 bits per heavy atom. The van der Waals surface area contributed by atoms with Gasteiger partial charge in [0.05, 0.1) is 5.41 Å². The first-order valence-electron chi connectivity index (χ1n) is 11.3. The number of benzene rings is 4. The third-order valence-corrected chi connectivity index (χ3v) is 7.81. The van der Waals surface area contributed by atoms with Crippen molar-refractivity contribution in [2.75, 3.05) is 0 Å². The normalized spacial score (nSPS) is 14.4. The van der Waals surface area contributed by atoms with E-state index in [-0.39, 0.29) is 5.41 Å². The van der Waals surface area contributed by atoms with Gasteiger partial charge in [0, 0.05) is 0 Å². The van der Waals surface area contributed by atoms with Crippen molar-refractivity contribution in [3.8, 4) is 22.3 Å². The maximum absolute atomic E-state index is 2.47. The first-order chi connectivity index (χ1) is 14.8. The molecule has 0 N–H and O–H groups in total. The molecule has 0 heteroatoms. The summed E-state index contributed by atoms with van der Waals surface area (Å²) in [5.41, 5.74) is 19.3. The minimum atomic E-state index is -0.232. The molecule has 0 atom stereocenters. The van der Waals surface area contributed by atoms with E-state index in [0.717, 1.165) is 0 Å². The molecule has 1 spiro atoms. The topological polar surface area (TPSA) is 0 Å². The summed E-state index contributed by atoms with van der Waals surface area (Å²) in [6.07, 6.45) is 0. The average molecular weight is 401 g/mol. The Labute approximate surface area is 185 Å². The van der Waals surface area contributed by atoms with Crippen molar-refractivity contribution in [2.45, 2.75) is 47.0 Å². The molecule has 0 radical (unpaired) electrons. The second kappa shape index (κ2) is 5.98. The van der Waals surface area contributed by atoms with E-state index in [9.17, 15) is 0 Å². The standard InChI is InChI=1S/C31H28/c1-17-7-9-23-24-10-8-18(2)12-28(24)31(27(23)11-17)29-15-21(5)19(3)13-25(29)26-14-20(4)22(6)16-30(26)31/h7-16H,1-6H3. The highest BCUT2D eigenvalue weighted by atomic mass is 14.5. The molecule has 2 aliphatic rings. The summed E-state index contributed by atoms with van der Waals surface area (Å²) in [5.74, 6) is 0. The fraction of sp³-hybridized carbons (Fsp3) is 0.226. The van der Waals surface area contributed by atoms with Gasteiger partial charge >= 0.3 is 0 Å². The number of rotatable bonds is 0. The molecule has 4 aromatic carbocycles. The van der Waals surface area contributed by atoms with E-state index in [1.54, 1.807) is 0 Å². The summed E-state index contributed by atoms with van der Waals surface area (Å²) < 4.78 is 0. The molecule has 0 amide bonds. The van der Waals surface area contributed by atoms with Crippen molar-refractivity contribution in [3.63, 3.8) is 0 Å². The molecule has 0 aromatic heterocycles. The number of fused-ring (bicyclic) bond motifs is 10. The SMILES string of the molecule is Cc1ccc2c(c1)C1(c3cc(C)ccc3-2)c2cc(C)c(C)cc2-c2cc(C)c(C)cc21. The molecule has 0 heterocycles. The fourth-order valence-corrected chi connectivity index (χ4v) is 5.98. The summed E-state index contributed by atoms with van der Waals surface area (Å²) in [5, 5.41) is 0. The van der Waals surface area contributed by atoms with Crippen molar-refractivity contribution in [3.05, 3.63) is 116 Å². The van der Waals surface area contributed by atoms with Crippen molar-refractivity contribution >= 4 is 0 Å². The minimum Gasteiger partial charge on any atom is -0.0587 e. The predicted molar refractivity (Wildman–Crippen MR) is 131 cm³/mol. The molecule has 0 fully saturated rings. The van der Waals surface area contributed by atoms with Crippen LogP contribution in [-0.4, -0.2) is 0 Å². The third-order valence-electron chi connectivity index (χ3n) is 7.81. The van der Waals surface area contributed by atoms with Crippen molar-refractivity contribution in [2.24, 2.45) is 0 Å². The largest absolute Gasteiger partial charge is 0.0725 e. The van der Waals surface area contributed by atoms with E-state index < -0.39 is 0 Å². The van der Waals surface area contributed by atoms with Gasteiger partial charge in [-0.1, -0.05) is 71.8 Å². The van der Waals surface area contributed by atoms with Crippen LogP contribution in [0.15, 0.2) is 60.7 Å². The highest BCUT2D eigenvalue weighted by Crippen LogP contribution is 2.63. The number of hydrogen-bond donors (Lipinski definition) is 0. The lowest BCUT2D eigenvalue weighted by molar-refractivity contribution is 0.788. The van der Waals surface area contributed by atoms with Gasteiger partial charge in [-0.05, 0) is 108 Å². The van der Waals surface area contributed by atoms with Gasteiger partial charge in [-0.3, -0.25) is 0 Å². The lowest BCUT2D eigenvalue weighted by atomic mass is 9.69. The summed E-state index contributed by atoms with van der Waals surface area (Å²) >= 11 is 0. The molecule has 152 valence electrons. The molecule has 0 saturated heterocycles. The quantitative estimate of drug-likeness (QED) is 0.243. The summed E-state index contributed by atoms with van der Waals surface area (Å²) in [6, 6.07) is 23.9. The summed E-state index contributed by atoms with van der Waals surface area (Å²) in [6.45, 7) is 13.4. The fourth-order valence-electron chi connectivity index (χ4n) is 5.98. The van der Waals surface area contributed by atoms with Crippen LogP contribution in [0.4, 0.5) is 0 Å². The Bertz CT molecular complexity index is 1320. The van der Waals surface area contributed by atoms with E-state index in [1.807, 2.05) is 0 Å². The molecular weight excluding hydrogens is 372 g/mol. The van der Waals surface area contributed by atoms with Gasteiger partial charge in [-0.2, -0.15) is 0 Å². The molecule has 2 aliphatic carbocycles. The van der Waals surface area contributed by atoms with Crippen LogP contribution in [-0.2, 0) is 5.41 Å². The Morgan fingerprint density at radius 1 is 0.387 bits per heavy atom. The van der Waals surface area contributed by atoms with Crippen molar-refractivity contribution < 1.29 is 0 Å². The molecule has 0 nitrogen and oxygen atoms in total. The lowest BCUT2D eigenvalue weighted by Crippen LogP contribution is -2.26. The zero-order chi connectivity index (χ0) is 21.7. The van der Waals surface area contributed by atoms with E-state index in [0.29, 0.717) is 0 Å². The number of hydrogen-bond acceptors (Lipinski definition) is 0. The molecule has 0 bridgehead atoms. The van der Waals surface area contributed by atoms with Crippen molar-refractivity contribution in [1.29, 1.82) is 0 Å². The molecule has 6 rings (SSSR count). The van der Waals surface area contributed by atoms with Crippen LogP contribution in [0.5, 0.6) is 0 Å². The highest BCUT2D eigenvalue weighted by molar-refractivity contribution is 5.95. The van der Waals surface area contributed by atoms with Crippen LogP contribution < -0.4 is 0 Å². The monoisotopic (exact) mass is 400 g/mol. The van der Waals surface area contributed by atoms with Gasteiger partial charge in [-0.25, -0.2) is 0 Å². The van der Waals surface area contributed by atoms with Gasteiger partial charge in [0.25, 0.3) is 0 Å². The summed E-state index contributed by atoms with van der Waals surface area (Å²) in [4.78, 5) is 0. The van der Waals surface area contributed by atoms with E-state index in [4.69, 9.17) is 0 Å². The van der Waals surface area contributed by atoms with Crippen LogP contribution in [0, 0.1) is 41.5 Å². The second-order valence-corrected chi connectivity index (χ2v) is 9.81. The lowest BCUT2D eigenvalue weighted by Gasteiger charge is -2.31. The van der Waals surface area contributed by atoms with Crippen LogP contribution >= 0.6 is 0 Å². The van der Waals surface area contributed by atoms with E-state index >= 15 is 0 Å². The second-order valence-electron chi connectivity index (χ2n) is 9.81. The van der Waals surface area contributed by atoms with Crippen LogP contribution in [0.2, 0.25) is 0 Å². The Kier molecular flexibility index (Phi) is 3.59. The molecule has 0 aliphatic heterocycles. The van der Waals surface area contributed by atoms with Crippen molar-refractivity contribution in [1.82, 2.24) is 0 Å². The van der Waals surface area contributed by atoms with Gasteiger partial charge in [0.1, 0.15) is 0 Å². The Balaban J connectivity index is 1.88. The molecule has 4 aromatic rings. The Hall–Kier alpha value is -3.12. The van der Waals surface area contributed by atoms with Gasteiger partial charge in [-0.15, -0.1) is 0 Å². The molecule has 0 saturated carbocycles. The van der Waals surface area contributed by atoms with Crippen LogP contribution in [0.3, 0.4) is 0 Å². The highest BCUT2D eigenvalue weighted by Gasteiger charge is 2.52. The first-order valence-corrected chi connectivity index (χ1v) is 11.3. The minimum absolute atomic E-state index is 0.232. The average Bonchev–Trinajstić information content (AvgIpc) is 3.14. The van der Waals surface area contributed by atoms with Gasteiger partial charge in [0.15, 0.2) is 0 Å². The smallest absolute Gasteiger partial charge is 0.0587 e.